The molecule has 0 saturated heterocycles. The van der Waals surface area contributed by atoms with Crippen molar-refractivity contribution in [2.24, 2.45) is 0 Å². The first-order valence-corrected chi connectivity index (χ1v) is 8.95. The number of carbonyl (C=O) groups excluding carboxylic acids is 2. The van der Waals surface area contributed by atoms with Gasteiger partial charge in [-0.3, -0.25) is 9.59 Å². The van der Waals surface area contributed by atoms with Crippen LogP contribution in [-0.2, 0) is 9.59 Å². The Hall–Kier alpha value is -2.44. The highest BCUT2D eigenvalue weighted by molar-refractivity contribution is 6.32. The molecule has 144 valence electrons. The second kappa shape index (κ2) is 10.0. The minimum Gasteiger partial charge on any atom is -0.495 e. The third kappa shape index (κ3) is 6.34. The molecule has 0 radical (unpaired) electrons. The van der Waals surface area contributed by atoms with Gasteiger partial charge in [-0.25, -0.2) is 0 Å². The third-order valence-corrected chi connectivity index (χ3v) is 4.27. The van der Waals surface area contributed by atoms with Crippen LogP contribution >= 0.6 is 23.2 Å². The Morgan fingerprint density at radius 3 is 1.56 bits per heavy atom. The summed E-state index contributed by atoms with van der Waals surface area (Å²) in [5, 5.41) is 6.29. The molecule has 2 aromatic carbocycles. The summed E-state index contributed by atoms with van der Waals surface area (Å²) in [5.74, 6) is 0.669. The van der Waals surface area contributed by atoms with E-state index in [1.807, 2.05) is 0 Å². The molecule has 2 amide bonds. The number of nitrogens with one attached hydrogen (secondary N) is 2. The van der Waals surface area contributed by atoms with Crippen molar-refractivity contribution in [2.75, 3.05) is 24.9 Å². The predicted octanol–water partition coefficient (Wildman–Crippen LogP) is 4.76. The zero-order chi connectivity index (χ0) is 19.8. The van der Waals surface area contributed by atoms with Crippen LogP contribution in [0.1, 0.15) is 19.3 Å². The van der Waals surface area contributed by atoms with E-state index in [4.69, 9.17) is 32.7 Å². The predicted molar refractivity (Wildman–Crippen MR) is 107 cm³/mol. The summed E-state index contributed by atoms with van der Waals surface area (Å²) in [5.41, 5.74) is 1.14. The lowest BCUT2D eigenvalue weighted by Gasteiger charge is -2.09. The maximum atomic E-state index is 12.0. The second-order valence-electron chi connectivity index (χ2n) is 5.65. The SMILES string of the molecule is COc1ccc(NC(=O)CCCC(=O)Nc2ccc(OC)c(Cl)c2)cc1Cl. The molecule has 0 atom stereocenters. The zero-order valence-corrected chi connectivity index (χ0v) is 16.5. The molecule has 0 spiro atoms. The average molecular weight is 411 g/mol. The number of hydrogen-bond acceptors (Lipinski definition) is 4. The average Bonchev–Trinajstić information content (AvgIpc) is 2.62. The highest BCUT2D eigenvalue weighted by atomic mass is 35.5. The number of amides is 2. The van der Waals surface area contributed by atoms with Gasteiger partial charge < -0.3 is 20.1 Å². The van der Waals surface area contributed by atoms with Crippen molar-refractivity contribution in [3.05, 3.63) is 46.4 Å². The van der Waals surface area contributed by atoms with Gasteiger partial charge >= 0.3 is 0 Å². The van der Waals surface area contributed by atoms with Crippen molar-refractivity contribution in [1.29, 1.82) is 0 Å². The summed E-state index contributed by atoms with van der Waals surface area (Å²) in [6.45, 7) is 0. The molecule has 8 heteroatoms. The number of carbonyl (C=O) groups is 2. The summed E-state index contributed by atoms with van der Waals surface area (Å²) >= 11 is 12.0. The fraction of sp³-hybridized carbons (Fsp3) is 0.263. The van der Waals surface area contributed by atoms with Crippen molar-refractivity contribution >= 4 is 46.4 Å². The number of anilines is 2. The lowest BCUT2D eigenvalue weighted by molar-refractivity contribution is -0.117. The van der Waals surface area contributed by atoms with Crippen LogP contribution in [0, 0.1) is 0 Å². The van der Waals surface area contributed by atoms with E-state index < -0.39 is 0 Å². The van der Waals surface area contributed by atoms with Crippen LogP contribution in [0.25, 0.3) is 0 Å². The molecule has 0 heterocycles. The molecule has 0 aromatic heterocycles. The van der Waals surface area contributed by atoms with Crippen LogP contribution in [0.5, 0.6) is 11.5 Å². The number of rotatable bonds is 8. The van der Waals surface area contributed by atoms with Crippen LogP contribution in [0.15, 0.2) is 36.4 Å². The minimum atomic E-state index is -0.198. The van der Waals surface area contributed by atoms with E-state index in [0.717, 1.165) is 0 Å². The zero-order valence-electron chi connectivity index (χ0n) is 15.0. The second-order valence-corrected chi connectivity index (χ2v) is 6.46. The highest BCUT2D eigenvalue weighted by Crippen LogP contribution is 2.28. The van der Waals surface area contributed by atoms with Gasteiger partial charge in [0.25, 0.3) is 0 Å². The molecular weight excluding hydrogens is 391 g/mol. The highest BCUT2D eigenvalue weighted by Gasteiger charge is 2.09. The van der Waals surface area contributed by atoms with Crippen molar-refractivity contribution in [1.82, 2.24) is 0 Å². The first-order valence-electron chi connectivity index (χ1n) is 8.19. The van der Waals surface area contributed by atoms with E-state index in [9.17, 15) is 9.59 Å². The first-order chi connectivity index (χ1) is 12.9. The number of methoxy groups -OCH3 is 2. The normalized spacial score (nSPS) is 10.2. The summed E-state index contributed by atoms with van der Waals surface area (Å²) in [7, 11) is 3.04. The lowest BCUT2D eigenvalue weighted by Crippen LogP contribution is -2.15. The minimum absolute atomic E-state index is 0.198. The molecular formula is C19H20Cl2N2O4. The molecule has 0 fully saturated rings. The Morgan fingerprint density at radius 1 is 0.815 bits per heavy atom. The molecule has 0 aliphatic rings. The number of benzene rings is 2. The van der Waals surface area contributed by atoms with Crippen LogP contribution in [0.4, 0.5) is 11.4 Å². The van der Waals surface area contributed by atoms with Gasteiger partial charge in [0.2, 0.25) is 11.8 Å². The van der Waals surface area contributed by atoms with E-state index in [0.29, 0.717) is 39.3 Å². The Labute approximate surface area is 167 Å². The van der Waals surface area contributed by atoms with Gasteiger partial charge in [0.15, 0.2) is 0 Å². The van der Waals surface area contributed by atoms with Gasteiger partial charge in [-0.15, -0.1) is 0 Å². The van der Waals surface area contributed by atoms with Crippen LogP contribution in [0.2, 0.25) is 10.0 Å². The molecule has 2 N–H and O–H groups in total. The fourth-order valence-corrected chi connectivity index (χ4v) is 2.86. The van der Waals surface area contributed by atoms with E-state index in [1.165, 1.54) is 14.2 Å². The number of ether oxygens (including phenoxy) is 2. The fourth-order valence-electron chi connectivity index (χ4n) is 2.34. The Balaban J connectivity index is 1.76. The maximum absolute atomic E-state index is 12.0. The molecule has 0 unspecified atom stereocenters. The van der Waals surface area contributed by atoms with Gasteiger partial charge in [0.05, 0.1) is 24.3 Å². The van der Waals surface area contributed by atoms with Gasteiger partial charge in [0.1, 0.15) is 11.5 Å². The van der Waals surface area contributed by atoms with E-state index in [2.05, 4.69) is 10.6 Å². The Kier molecular flexibility index (Phi) is 7.76. The third-order valence-electron chi connectivity index (χ3n) is 3.68. The molecule has 2 aromatic rings. The largest absolute Gasteiger partial charge is 0.495 e. The number of halogens is 2. The van der Waals surface area contributed by atoms with Crippen LogP contribution in [-0.4, -0.2) is 26.0 Å². The monoisotopic (exact) mass is 410 g/mol. The summed E-state index contributed by atoms with van der Waals surface area (Å²) in [6.07, 6.45) is 0.826. The smallest absolute Gasteiger partial charge is 0.224 e. The van der Waals surface area contributed by atoms with E-state index >= 15 is 0 Å². The molecule has 0 aliphatic carbocycles. The Bertz CT molecular complexity index is 760. The Morgan fingerprint density at radius 2 is 1.22 bits per heavy atom. The molecule has 2 rings (SSSR count). The van der Waals surface area contributed by atoms with E-state index in [1.54, 1.807) is 36.4 Å². The van der Waals surface area contributed by atoms with Crippen LogP contribution < -0.4 is 20.1 Å². The number of hydrogen-bond donors (Lipinski definition) is 2. The quantitative estimate of drug-likeness (QED) is 0.657. The molecule has 0 aliphatic heterocycles. The van der Waals surface area contributed by atoms with Gasteiger partial charge in [0, 0.05) is 24.2 Å². The van der Waals surface area contributed by atoms with Gasteiger partial charge in [-0.05, 0) is 42.8 Å². The molecule has 0 bridgehead atoms. The molecule has 27 heavy (non-hydrogen) atoms. The van der Waals surface area contributed by atoms with Crippen molar-refractivity contribution in [3.8, 4) is 11.5 Å². The van der Waals surface area contributed by atoms with Crippen molar-refractivity contribution < 1.29 is 19.1 Å². The molecule has 6 nitrogen and oxygen atoms in total. The summed E-state index contributed by atoms with van der Waals surface area (Å²) < 4.78 is 10.1. The van der Waals surface area contributed by atoms with Crippen molar-refractivity contribution in [3.63, 3.8) is 0 Å². The van der Waals surface area contributed by atoms with Gasteiger partial charge in [-0.2, -0.15) is 0 Å². The summed E-state index contributed by atoms with van der Waals surface area (Å²) in [6, 6.07) is 9.96. The topological polar surface area (TPSA) is 76.7 Å². The van der Waals surface area contributed by atoms with Crippen LogP contribution in [0.3, 0.4) is 0 Å². The van der Waals surface area contributed by atoms with E-state index in [-0.39, 0.29) is 24.7 Å². The first kappa shape index (κ1) is 20.9. The maximum Gasteiger partial charge on any atom is 0.224 e. The molecule has 0 saturated carbocycles. The van der Waals surface area contributed by atoms with Gasteiger partial charge in [-0.1, -0.05) is 23.2 Å². The summed E-state index contributed by atoms with van der Waals surface area (Å²) in [4.78, 5) is 24.0. The standard InChI is InChI=1S/C19H20Cl2N2O4/c1-26-16-8-6-12(10-14(16)20)22-18(24)4-3-5-19(25)23-13-7-9-17(27-2)15(21)11-13/h6-11H,3-5H2,1-2H3,(H,22,24)(H,23,25). The van der Waals surface area contributed by atoms with Crippen molar-refractivity contribution in [2.45, 2.75) is 19.3 Å². The lowest BCUT2D eigenvalue weighted by atomic mass is 10.2.